The molecule has 51 heavy (non-hydrogen) atoms. The zero-order chi connectivity index (χ0) is 39.6. The van der Waals surface area contributed by atoms with Crippen molar-refractivity contribution in [2.24, 2.45) is 0 Å². The van der Waals surface area contributed by atoms with Crippen molar-refractivity contribution in [3.63, 3.8) is 0 Å². The van der Waals surface area contributed by atoms with Gasteiger partial charge in [-0.2, -0.15) is 39.5 Å². The maximum atomic E-state index is 12.2. The molecule has 0 heterocycles. The van der Waals surface area contributed by atoms with E-state index in [0.29, 0.717) is 0 Å². The molecule has 0 radical (unpaired) electrons. The van der Waals surface area contributed by atoms with Gasteiger partial charge in [0.25, 0.3) is 0 Å². The van der Waals surface area contributed by atoms with E-state index < -0.39 is 33.4 Å². The highest BCUT2D eigenvalue weighted by molar-refractivity contribution is 7.97. The fourth-order valence-electron chi connectivity index (χ4n) is 3.92. The van der Waals surface area contributed by atoms with E-state index in [1.165, 1.54) is 14.7 Å². The number of benzene rings is 3. The van der Waals surface area contributed by atoms with Gasteiger partial charge >= 0.3 is 23.3 Å². The van der Waals surface area contributed by atoms with Gasteiger partial charge in [0.15, 0.2) is 24.8 Å². The maximum Gasteiger partial charge on any atom is 0.460 e. The Bertz CT molecular complexity index is 1550. The third-order valence-corrected chi connectivity index (χ3v) is 9.00. The van der Waals surface area contributed by atoms with Crippen LogP contribution in [0.3, 0.4) is 0 Å². The maximum absolute atomic E-state index is 12.2. The number of ether oxygens (including phenoxy) is 3. The van der Waals surface area contributed by atoms with Gasteiger partial charge < -0.3 is 18.8 Å². The normalized spacial score (nSPS) is 13.7. The topological polar surface area (TPSA) is 84.9 Å². The average molecular weight is 779 g/mol. The van der Waals surface area contributed by atoms with Crippen molar-refractivity contribution in [3.8, 4) is 17.2 Å². The molecule has 0 spiro atoms. The minimum Gasteiger partial charge on any atom is -0.743 e. The van der Waals surface area contributed by atoms with Gasteiger partial charge in [-0.15, -0.1) is 0 Å². The van der Waals surface area contributed by atoms with Crippen LogP contribution in [0.4, 0.5) is 39.5 Å². The molecule has 0 aromatic heterocycles. The molecule has 0 amide bonds. The van der Waals surface area contributed by atoms with Crippen molar-refractivity contribution in [2.75, 3.05) is 0 Å². The second-order valence-corrected chi connectivity index (χ2v) is 17.4. The zero-order valence-electron chi connectivity index (χ0n) is 29.1. The number of rotatable bonds is 9. The first-order valence-corrected chi connectivity index (χ1v) is 17.6. The summed E-state index contributed by atoms with van der Waals surface area (Å²) in [5.74, 6) is -12.2. The van der Waals surface area contributed by atoms with Gasteiger partial charge in [0.1, 0.15) is 34.1 Å². The second-order valence-electron chi connectivity index (χ2n) is 14.0. The van der Waals surface area contributed by atoms with Crippen molar-refractivity contribution in [1.82, 2.24) is 0 Å². The minimum atomic E-state index is -7.43. The molecule has 0 N–H and O–H groups in total. The Balaban J connectivity index is 0.000000449. The number of hydrogen-bond acceptors (Lipinski definition) is 6. The van der Waals surface area contributed by atoms with E-state index in [1.54, 1.807) is 0 Å². The lowest BCUT2D eigenvalue weighted by Crippen LogP contribution is -2.63. The summed E-state index contributed by atoms with van der Waals surface area (Å²) in [5.41, 5.74) is -0.682. The van der Waals surface area contributed by atoms with E-state index in [0.717, 1.165) is 17.2 Å². The lowest BCUT2D eigenvalue weighted by Gasteiger charge is -2.34. The summed E-state index contributed by atoms with van der Waals surface area (Å²) < 4.78 is 154. The van der Waals surface area contributed by atoms with E-state index in [2.05, 4.69) is 135 Å². The van der Waals surface area contributed by atoms with Crippen LogP contribution in [0, 0.1) is 0 Å². The van der Waals surface area contributed by atoms with E-state index >= 15 is 0 Å². The zero-order valence-corrected chi connectivity index (χ0v) is 30.7. The van der Waals surface area contributed by atoms with Gasteiger partial charge in [-0.25, -0.2) is 8.42 Å². The first-order valence-electron chi connectivity index (χ1n) is 15.0. The Morgan fingerprint density at radius 2 is 0.706 bits per heavy atom. The SMILES string of the molecule is CC(C)(C)Oc1ccc([S+](c2ccc(OC(C)(C)C)cc2)c2ccc(OC(C)(C)C)cc2)cc1.O=S(=O)([O-])C(F)(F)C(F)(F)C(F)(F)C(F)(F)F. The molecule has 0 saturated heterocycles. The molecule has 6 nitrogen and oxygen atoms in total. The van der Waals surface area contributed by atoms with Crippen LogP contribution in [0.15, 0.2) is 87.5 Å². The van der Waals surface area contributed by atoms with Crippen LogP contribution >= 0.6 is 0 Å². The van der Waals surface area contributed by atoms with Crippen LogP contribution in [-0.2, 0) is 21.0 Å². The van der Waals surface area contributed by atoms with Crippen molar-refractivity contribution in [2.45, 2.75) is 117 Å². The van der Waals surface area contributed by atoms with Crippen LogP contribution in [0.2, 0.25) is 0 Å². The highest BCUT2D eigenvalue weighted by atomic mass is 32.2. The molecule has 0 aliphatic heterocycles. The van der Waals surface area contributed by atoms with Crippen LogP contribution in [0.1, 0.15) is 62.3 Å². The molecule has 3 aromatic rings. The molecule has 0 unspecified atom stereocenters. The van der Waals surface area contributed by atoms with Crippen molar-refractivity contribution in [3.05, 3.63) is 72.8 Å². The number of hydrogen-bond donors (Lipinski definition) is 0. The molecule has 0 atom stereocenters. The fraction of sp³-hybridized carbons (Fsp3) is 0.471. The third kappa shape index (κ3) is 11.6. The highest BCUT2D eigenvalue weighted by Crippen LogP contribution is 2.54. The first kappa shape index (κ1) is 43.9. The largest absolute Gasteiger partial charge is 0.743 e. The molecule has 0 fully saturated rings. The molecule has 0 bridgehead atoms. The van der Waals surface area contributed by atoms with E-state index in [9.17, 15) is 52.5 Å². The van der Waals surface area contributed by atoms with Crippen molar-refractivity contribution >= 4 is 21.0 Å². The Kier molecular flexibility index (Phi) is 12.9. The predicted molar refractivity (Wildman–Crippen MR) is 173 cm³/mol. The summed E-state index contributed by atoms with van der Waals surface area (Å²) in [6.07, 6.45) is -7.16. The summed E-state index contributed by atoms with van der Waals surface area (Å²) in [6.45, 7) is 18.6. The lowest BCUT2D eigenvalue weighted by molar-refractivity contribution is -0.382. The van der Waals surface area contributed by atoms with E-state index in [1.807, 2.05) is 0 Å². The molecular formula is C34H39F9O6S2. The summed E-state index contributed by atoms with van der Waals surface area (Å²) >= 11 is 0. The minimum absolute atomic E-state index is 0.227. The average Bonchev–Trinajstić information content (AvgIpc) is 2.92. The molecule has 0 saturated carbocycles. The van der Waals surface area contributed by atoms with Crippen LogP contribution in [0.5, 0.6) is 17.2 Å². The van der Waals surface area contributed by atoms with Crippen LogP contribution in [-0.4, -0.2) is 53.0 Å². The lowest BCUT2D eigenvalue weighted by atomic mass is 10.1. The van der Waals surface area contributed by atoms with Crippen LogP contribution in [0.25, 0.3) is 0 Å². The molecular weight excluding hydrogens is 739 g/mol. The van der Waals surface area contributed by atoms with E-state index in [-0.39, 0.29) is 27.7 Å². The third-order valence-electron chi connectivity index (χ3n) is 5.88. The summed E-state index contributed by atoms with van der Waals surface area (Å²) in [7, 11) is -7.69. The quantitative estimate of drug-likeness (QED) is 0.122. The van der Waals surface area contributed by atoms with Crippen molar-refractivity contribution < 1.29 is 66.7 Å². The first-order chi connectivity index (χ1) is 22.7. The Labute approximate surface area is 294 Å². The monoisotopic (exact) mass is 778 g/mol. The molecule has 3 aromatic carbocycles. The van der Waals surface area contributed by atoms with Gasteiger partial charge in [0, 0.05) is 0 Å². The van der Waals surface area contributed by atoms with Gasteiger partial charge in [0.05, 0.1) is 10.9 Å². The smallest absolute Gasteiger partial charge is 0.460 e. The van der Waals surface area contributed by atoms with Gasteiger partial charge in [0.2, 0.25) is 0 Å². The van der Waals surface area contributed by atoms with Crippen molar-refractivity contribution in [1.29, 1.82) is 0 Å². The molecule has 286 valence electrons. The Hall–Kier alpha value is -3.31. The Morgan fingerprint density at radius 1 is 0.471 bits per heavy atom. The Morgan fingerprint density at radius 3 is 0.882 bits per heavy atom. The summed E-state index contributed by atoms with van der Waals surface area (Å²) in [5, 5.41) is -7.11. The predicted octanol–water partition coefficient (Wildman–Crippen LogP) is 10.3. The number of alkyl halides is 9. The van der Waals surface area contributed by atoms with Gasteiger partial charge in [-0.3, -0.25) is 0 Å². The second kappa shape index (κ2) is 15.0. The fourth-order valence-corrected chi connectivity index (χ4v) is 6.40. The standard InChI is InChI=1S/C30H39O3S.C4HF9O3S/c1-28(2,3)31-22-10-16-25(17-11-22)34(26-18-12-23(13-19-26)32-29(4,5)6)27-20-14-24(15-21-27)33-30(7,8)9;5-1(6,3(9,10)11)2(7,8)4(12,13)17(14,15)16/h10-21H,1-9H3;(H,14,15,16)/q+1;/p-1. The van der Waals surface area contributed by atoms with Gasteiger partial charge in [-0.05, 0) is 135 Å². The highest BCUT2D eigenvalue weighted by Gasteiger charge is 2.83. The van der Waals surface area contributed by atoms with E-state index in [4.69, 9.17) is 14.2 Å². The summed E-state index contributed by atoms with van der Waals surface area (Å²) in [4.78, 5) is 3.70. The molecule has 0 aliphatic carbocycles. The molecule has 17 heteroatoms. The molecule has 0 aliphatic rings. The summed E-state index contributed by atoms with van der Waals surface area (Å²) in [6, 6.07) is 25.4. The number of halogens is 9. The van der Waals surface area contributed by atoms with Gasteiger partial charge in [-0.1, -0.05) is 0 Å². The van der Waals surface area contributed by atoms with Crippen LogP contribution < -0.4 is 14.2 Å². The molecule has 3 rings (SSSR count).